The number of hydrogen-bond donors (Lipinski definition) is 0. The van der Waals surface area contributed by atoms with E-state index in [2.05, 4.69) is 199 Å². The van der Waals surface area contributed by atoms with E-state index in [0.717, 1.165) is 66.9 Å². The minimum absolute atomic E-state index is 0.721. The first-order chi connectivity index (χ1) is 28.3. The number of hydrogen-bond acceptors (Lipinski definition) is 3. The zero-order valence-electron chi connectivity index (χ0n) is 30.8. The Morgan fingerprint density at radius 3 is 1.82 bits per heavy atom. The van der Waals surface area contributed by atoms with Crippen LogP contribution in [0, 0.1) is 0 Å². The first-order valence-corrected chi connectivity index (χ1v) is 23.6. The molecule has 4 heterocycles. The van der Waals surface area contributed by atoms with Crippen molar-refractivity contribution in [3.63, 3.8) is 0 Å². The van der Waals surface area contributed by atoms with E-state index in [1.54, 1.807) is 0 Å². The fraction of sp³-hybridized carbons (Fsp3) is 0. The van der Waals surface area contributed by atoms with Crippen molar-refractivity contribution in [2.24, 2.45) is 0 Å². The Bertz CT molecular complexity index is 3310. The minimum atomic E-state index is -3.73. The molecule has 11 aromatic rings. The molecule has 4 nitrogen and oxygen atoms in total. The van der Waals surface area contributed by atoms with E-state index in [4.69, 9.17) is 14.4 Å². The van der Waals surface area contributed by atoms with Crippen LogP contribution in [0.2, 0.25) is 0 Å². The van der Waals surface area contributed by atoms with E-state index in [9.17, 15) is 0 Å². The summed E-state index contributed by atoms with van der Waals surface area (Å²) in [6.45, 7) is 0. The topological polar surface area (TPSA) is 43.9 Å². The van der Waals surface area contributed by atoms with Gasteiger partial charge in [0.15, 0.2) is 0 Å². The molecule has 0 spiro atoms. The summed E-state index contributed by atoms with van der Waals surface area (Å²) in [7, 11) is 0. The van der Waals surface area contributed by atoms with Gasteiger partial charge in [0, 0.05) is 0 Å². The van der Waals surface area contributed by atoms with Crippen LogP contribution < -0.4 is 17.7 Å². The number of benzene rings is 8. The van der Waals surface area contributed by atoms with Gasteiger partial charge in [-0.3, -0.25) is 0 Å². The molecule has 0 unspecified atom stereocenters. The van der Waals surface area contributed by atoms with Crippen LogP contribution in [0.1, 0.15) is 0 Å². The van der Waals surface area contributed by atoms with Crippen molar-refractivity contribution in [2.75, 3.05) is 0 Å². The summed E-state index contributed by atoms with van der Waals surface area (Å²) in [6, 6.07) is 72.0. The van der Waals surface area contributed by atoms with Gasteiger partial charge in [0.25, 0.3) is 0 Å². The molecule has 8 aromatic carbocycles. The second kappa shape index (κ2) is 12.5. The number of nitrogens with zero attached hydrogens (tertiary/aromatic N) is 3. The number of fused-ring (bicyclic) bond motifs is 10. The molecular formula is C52H33GeN3O. The Morgan fingerprint density at radius 1 is 0.439 bits per heavy atom. The average Bonchev–Trinajstić information content (AvgIpc) is 3.93. The third-order valence-electron chi connectivity index (χ3n) is 11.9. The van der Waals surface area contributed by atoms with Crippen molar-refractivity contribution >= 4 is 74.7 Å². The standard InChI is InChI=1S/C52H33GeN3O/c1-4-18-34(19-5-1)50-49-37-24-10-14-28-41(37)53(35-20-6-2-7-21-35,36-22-8-3-9-23-36)51(49)55-52(54-50)39-26-12-16-30-43(39)56-42-29-15-11-25-38(42)47-44(56)32-33-46-48(47)40-27-13-17-31-45(40)57-46/h1-33H. The number of aromatic nitrogens is 3. The van der Waals surface area contributed by atoms with E-state index >= 15 is 0 Å². The molecule has 1 aliphatic rings. The van der Waals surface area contributed by atoms with Crippen LogP contribution in [0.15, 0.2) is 205 Å². The van der Waals surface area contributed by atoms with Gasteiger partial charge in [-0.1, -0.05) is 6.07 Å². The summed E-state index contributed by atoms with van der Waals surface area (Å²) in [5.41, 5.74) is 10.4. The maximum absolute atomic E-state index is 6.41. The molecule has 0 amide bonds. The molecule has 0 saturated carbocycles. The fourth-order valence-electron chi connectivity index (χ4n) is 9.59. The molecule has 57 heavy (non-hydrogen) atoms. The SMILES string of the molecule is c1ccc(-c2nc(-c3ccccc3-n3c4ccccc4c4c5c(ccc43)oc3ccccc35)n[c]3c2-c2cccc[c]2[Ge]3([c]2ccccc2)[c]2ccccc2)cc1. The molecule has 5 heteroatoms. The summed E-state index contributed by atoms with van der Waals surface area (Å²) in [4.78, 5) is 11.5. The van der Waals surface area contributed by atoms with Crippen LogP contribution in [0.3, 0.4) is 0 Å². The van der Waals surface area contributed by atoms with Crippen LogP contribution >= 0.6 is 0 Å². The van der Waals surface area contributed by atoms with Gasteiger partial charge >= 0.3 is 327 Å². The molecule has 1 aliphatic heterocycles. The van der Waals surface area contributed by atoms with Gasteiger partial charge in [-0.05, 0) is 0 Å². The van der Waals surface area contributed by atoms with Gasteiger partial charge < -0.3 is 0 Å². The molecule has 3 aromatic heterocycles. The van der Waals surface area contributed by atoms with Crippen LogP contribution in [-0.4, -0.2) is 27.8 Å². The third kappa shape index (κ3) is 4.56. The van der Waals surface area contributed by atoms with Crippen molar-refractivity contribution in [1.82, 2.24) is 14.5 Å². The van der Waals surface area contributed by atoms with E-state index in [0.29, 0.717) is 0 Å². The molecule has 0 fully saturated rings. The maximum atomic E-state index is 6.41. The monoisotopic (exact) mass is 789 g/mol. The van der Waals surface area contributed by atoms with E-state index in [1.807, 2.05) is 6.07 Å². The van der Waals surface area contributed by atoms with Gasteiger partial charge in [0.2, 0.25) is 0 Å². The summed E-state index contributed by atoms with van der Waals surface area (Å²) in [5, 5.41) is 4.61. The zero-order chi connectivity index (χ0) is 37.5. The molecule has 266 valence electrons. The van der Waals surface area contributed by atoms with Crippen LogP contribution in [0.4, 0.5) is 0 Å². The summed E-state index contributed by atoms with van der Waals surface area (Å²) in [6.07, 6.45) is 0. The van der Waals surface area contributed by atoms with Gasteiger partial charge in [0.1, 0.15) is 0 Å². The van der Waals surface area contributed by atoms with Crippen molar-refractivity contribution in [3.8, 4) is 39.5 Å². The predicted molar refractivity (Wildman–Crippen MR) is 237 cm³/mol. The van der Waals surface area contributed by atoms with Gasteiger partial charge in [-0.2, -0.15) is 0 Å². The second-order valence-corrected chi connectivity index (χ2v) is 22.5. The molecule has 0 N–H and O–H groups in total. The quantitative estimate of drug-likeness (QED) is 0.163. The van der Waals surface area contributed by atoms with Crippen molar-refractivity contribution in [1.29, 1.82) is 0 Å². The van der Waals surface area contributed by atoms with Gasteiger partial charge in [-0.15, -0.1) is 0 Å². The van der Waals surface area contributed by atoms with E-state index < -0.39 is 13.3 Å². The Hall–Kier alpha value is -7.02. The first-order valence-electron chi connectivity index (χ1n) is 19.4. The Balaban J connectivity index is 1.21. The van der Waals surface area contributed by atoms with E-state index in [-0.39, 0.29) is 0 Å². The Labute approximate surface area is 331 Å². The van der Waals surface area contributed by atoms with Crippen LogP contribution in [-0.2, 0) is 0 Å². The predicted octanol–water partition coefficient (Wildman–Crippen LogP) is 10.2. The van der Waals surface area contributed by atoms with Crippen molar-refractivity contribution in [3.05, 3.63) is 200 Å². The molecular weight excluding hydrogens is 755 g/mol. The van der Waals surface area contributed by atoms with Gasteiger partial charge in [0.05, 0.1) is 0 Å². The van der Waals surface area contributed by atoms with E-state index in [1.165, 1.54) is 34.1 Å². The summed E-state index contributed by atoms with van der Waals surface area (Å²) >= 11 is -3.73. The molecule has 0 aliphatic carbocycles. The number of rotatable bonds is 5. The number of furan rings is 1. The van der Waals surface area contributed by atoms with Crippen LogP contribution in [0.5, 0.6) is 0 Å². The molecule has 0 atom stereocenters. The third-order valence-corrected chi connectivity index (χ3v) is 21.8. The average molecular weight is 788 g/mol. The fourth-order valence-corrected chi connectivity index (χ4v) is 20.1. The zero-order valence-corrected chi connectivity index (χ0v) is 32.9. The number of para-hydroxylation sites is 3. The Morgan fingerprint density at radius 2 is 1.05 bits per heavy atom. The van der Waals surface area contributed by atoms with Crippen LogP contribution in [0.25, 0.3) is 83.2 Å². The molecule has 0 radical (unpaired) electrons. The normalized spacial score (nSPS) is 13.1. The summed E-state index contributed by atoms with van der Waals surface area (Å²) < 4.78 is 14.1. The van der Waals surface area contributed by atoms with Crippen molar-refractivity contribution < 1.29 is 4.42 Å². The molecule has 0 saturated heterocycles. The van der Waals surface area contributed by atoms with Crippen molar-refractivity contribution in [2.45, 2.75) is 0 Å². The van der Waals surface area contributed by atoms with Gasteiger partial charge in [-0.25, -0.2) is 0 Å². The second-order valence-electron chi connectivity index (χ2n) is 14.8. The Kier molecular flexibility index (Phi) is 7.07. The molecule has 0 bridgehead atoms. The first kappa shape index (κ1) is 32.2. The molecule has 12 rings (SSSR count). The summed E-state index contributed by atoms with van der Waals surface area (Å²) in [5.74, 6) is 0.721.